The van der Waals surface area contributed by atoms with E-state index in [0.717, 1.165) is 66.8 Å². The van der Waals surface area contributed by atoms with Gasteiger partial charge in [0.25, 0.3) is 0 Å². The van der Waals surface area contributed by atoms with Gasteiger partial charge in [-0.05, 0) is 57.6 Å². The lowest BCUT2D eigenvalue weighted by Crippen LogP contribution is -2.00. The Labute approximate surface area is 268 Å². The number of nitrogens with two attached hydrogens (primary N) is 1. The Kier molecular flexibility index (Phi) is 7.94. The molecule has 3 N–H and O–H groups in total. The highest BCUT2D eigenvalue weighted by Crippen LogP contribution is 2.45. The summed E-state index contributed by atoms with van der Waals surface area (Å²) in [6, 6.07) is 8.25. The molecule has 0 radical (unpaired) electrons. The van der Waals surface area contributed by atoms with E-state index < -0.39 is 0 Å². The van der Waals surface area contributed by atoms with Crippen molar-refractivity contribution in [3.05, 3.63) is 130 Å². The van der Waals surface area contributed by atoms with E-state index in [2.05, 4.69) is 68.0 Å². The van der Waals surface area contributed by atoms with E-state index >= 15 is 0 Å². The normalized spacial score (nSPS) is 11.3. The number of hydrogen-bond acceptors (Lipinski definition) is 12. The molecule has 0 saturated carbocycles. The van der Waals surface area contributed by atoms with E-state index in [4.69, 9.17) is 11.1 Å². The van der Waals surface area contributed by atoms with Crippen molar-refractivity contribution in [2.45, 2.75) is 0 Å². The first-order valence-electron chi connectivity index (χ1n) is 14.3. The Bertz CT molecular complexity index is 2130. The minimum absolute atomic E-state index is 0.509. The summed E-state index contributed by atoms with van der Waals surface area (Å²) in [7, 11) is 0. The first kappa shape index (κ1) is 28.8. The van der Waals surface area contributed by atoms with E-state index in [1.165, 1.54) is 44.1 Å². The first-order valence-corrected chi connectivity index (χ1v) is 14.3. The predicted molar refractivity (Wildman–Crippen MR) is 178 cm³/mol. The van der Waals surface area contributed by atoms with E-state index in [1.54, 1.807) is 62.0 Å². The molecule has 0 spiro atoms. The van der Waals surface area contributed by atoms with Crippen LogP contribution in [0.4, 0.5) is 0 Å². The summed E-state index contributed by atoms with van der Waals surface area (Å²) >= 11 is 0. The second-order valence-electron chi connectivity index (χ2n) is 10.3. The smallest absolute Gasteiger partial charge is 0.115 e. The van der Waals surface area contributed by atoms with Crippen molar-refractivity contribution in [2.24, 2.45) is 5.73 Å². The molecule has 0 bridgehead atoms. The van der Waals surface area contributed by atoms with Crippen LogP contribution in [0.3, 0.4) is 0 Å². The Morgan fingerprint density at radius 2 is 0.745 bits per heavy atom. The molecule has 0 fully saturated rings. The summed E-state index contributed by atoms with van der Waals surface area (Å²) in [5.74, 6) is 0. The van der Waals surface area contributed by atoms with Gasteiger partial charge in [-0.25, -0.2) is 49.8 Å². The fourth-order valence-corrected chi connectivity index (χ4v) is 5.54. The lowest BCUT2D eigenvalue weighted by molar-refractivity contribution is 1.16. The third kappa shape index (κ3) is 5.69. The molecule has 5 heterocycles. The highest BCUT2D eigenvalue weighted by molar-refractivity contribution is 6.13. The largest absolute Gasteiger partial charge is 0.404 e. The van der Waals surface area contributed by atoms with E-state index in [0.29, 0.717) is 11.1 Å². The molecule has 5 aromatic heterocycles. The van der Waals surface area contributed by atoms with Gasteiger partial charge in [-0.3, -0.25) is 0 Å². The average molecular weight is 613 g/mol. The molecule has 0 unspecified atom stereocenters. The van der Waals surface area contributed by atoms with Gasteiger partial charge in [-0.2, -0.15) is 0 Å². The number of benzene rings is 2. The van der Waals surface area contributed by atoms with E-state index in [-0.39, 0.29) is 0 Å². The molecular weight excluding hydrogens is 588 g/mol. The van der Waals surface area contributed by atoms with Gasteiger partial charge in [0.1, 0.15) is 31.6 Å². The zero-order valence-corrected chi connectivity index (χ0v) is 24.7. The van der Waals surface area contributed by atoms with Gasteiger partial charge in [-0.1, -0.05) is 0 Å². The Balaban J connectivity index is 1.60. The molecule has 224 valence electrons. The molecule has 12 nitrogen and oxygen atoms in total. The van der Waals surface area contributed by atoms with Crippen LogP contribution in [-0.4, -0.2) is 56.1 Å². The van der Waals surface area contributed by atoms with Crippen molar-refractivity contribution >= 4 is 11.8 Å². The Morgan fingerprint density at radius 3 is 1.11 bits per heavy atom. The SMILES string of the molecule is N=C/C(=C\N)c1cc(-c2cc(-c3cncnc3)c(-c3cncnc3)c(-c3cncnc3)c2)cc(-c2cncnc2)c1-c1cncnc1. The van der Waals surface area contributed by atoms with Crippen LogP contribution in [0.2, 0.25) is 0 Å². The lowest BCUT2D eigenvalue weighted by atomic mass is 9.83. The maximum atomic E-state index is 8.25. The molecule has 7 aromatic rings. The molecule has 47 heavy (non-hydrogen) atoms. The molecule has 0 aliphatic heterocycles. The van der Waals surface area contributed by atoms with Crippen LogP contribution in [-0.2, 0) is 0 Å². The fraction of sp³-hybridized carbons (Fsp3) is 0. The van der Waals surface area contributed by atoms with Crippen molar-refractivity contribution in [1.29, 1.82) is 5.41 Å². The lowest BCUT2D eigenvalue weighted by Gasteiger charge is -2.21. The number of allylic oxidation sites excluding steroid dienone is 1. The van der Waals surface area contributed by atoms with Crippen LogP contribution in [0.1, 0.15) is 5.56 Å². The molecule has 0 amide bonds. The van der Waals surface area contributed by atoms with Crippen LogP contribution in [0.25, 0.3) is 72.3 Å². The minimum Gasteiger partial charge on any atom is -0.404 e. The van der Waals surface area contributed by atoms with Crippen LogP contribution < -0.4 is 5.73 Å². The third-order valence-corrected chi connectivity index (χ3v) is 7.57. The number of hydrogen-bond donors (Lipinski definition) is 2. The monoisotopic (exact) mass is 612 g/mol. The molecule has 7 rings (SSSR count). The fourth-order valence-electron chi connectivity index (χ4n) is 5.54. The van der Waals surface area contributed by atoms with Crippen LogP contribution >= 0.6 is 0 Å². The van der Waals surface area contributed by atoms with Crippen molar-refractivity contribution in [3.8, 4) is 66.8 Å². The van der Waals surface area contributed by atoms with Crippen molar-refractivity contribution < 1.29 is 0 Å². The maximum absolute atomic E-state index is 8.25. The summed E-state index contributed by atoms with van der Waals surface area (Å²) in [6.45, 7) is 0. The Hall–Kier alpha value is -6.95. The highest BCUT2D eigenvalue weighted by atomic mass is 14.8. The standard InChI is InChI=1S/C35H24N12/c36-5-24(6-37)30-1-22(2-31(25-7-38-17-39-8-25)34(30)28-13-44-20-45-14-28)23-3-32(26-9-40-18-41-10-26)35(29-15-46-21-47-16-29)33(4-23)27-11-42-19-43-12-27/h1-21,36H,37H2/b24-6+,36-5?. The van der Waals surface area contributed by atoms with Crippen molar-refractivity contribution in [2.75, 3.05) is 0 Å². The van der Waals surface area contributed by atoms with E-state index in [1.807, 2.05) is 6.07 Å². The summed E-state index contributed by atoms with van der Waals surface area (Å²) in [6.07, 6.45) is 27.7. The molecule has 0 saturated heterocycles. The number of rotatable bonds is 8. The van der Waals surface area contributed by atoms with Crippen molar-refractivity contribution in [3.63, 3.8) is 0 Å². The molecular formula is C35H24N12. The number of nitrogens with one attached hydrogen (secondary N) is 1. The van der Waals surface area contributed by atoms with E-state index in [9.17, 15) is 0 Å². The number of nitrogens with zero attached hydrogens (tertiary/aromatic N) is 10. The highest BCUT2D eigenvalue weighted by Gasteiger charge is 2.22. The average Bonchev–Trinajstić information content (AvgIpc) is 3.16. The van der Waals surface area contributed by atoms with Crippen LogP contribution in [0, 0.1) is 5.41 Å². The Morgan fingerprint density at radius 1 is 0.426 bits per heavy atom. The van der Waals surface area contributed by atoms with Crippen LogP contribution in [0.5, 0.6) is 0 Å². The number of aromatic nitrogens is 10. The van der Waals surface area contributed by atoms with Gasteiger partial charge >= 0.3 is 0 Å². The third-order valence-electron chi connectivity index (χ3n) is 7.57. The first-order chi connectivity index (χ1) is 23.2. The minimum atomic E-state index is 0.509. The summed E-state index contributed by atoms with van der Waals surface area (Å²) in [5, 5.41) is 8.25. The zero-order valence-electron chi connectivity index (χ0n) is 24.7. The predicted octanol–water partition coefficient (Wildman–Crippen LogP) is 5.59. The van der Waals surface area contributed by atoms with Gasteiger partial charge in [0.2, 0.25) is 0 Å². The van der Waals surface area contributed by atoms with Gasteiger partial charge in [0.05, 0.1) is 0 Å². The molecule has 0 atom stereocenters. The summed E-state index contributed by atoms with van der Waals surface area (Å²) < 4.78 is 0. The van der Waals surface area contributed by atoms with Gasteiger partial charge in [-0.15, -0.1) is 0 Å². The van der Waals surface area contributed by atoms with Crippen LogP contribution in [0.15, 0.2) is 124 Å². The topological polar surface area (TPSA) is 179 Å². The molecule has 2 aromatic carbocycles. The van der Waals surface area contributed by atoms with Gasteiger partial charge in [0, 0.05) is 119 Å². The molecule has 0 aliphatic carbocycles. The summed E-state index contributed by atoms with van der Waals surface area (Å²) in [4.78, 5) is 43.0. The van der Waals surface area contributed by atoms with Gasteiger partial charge < -0.3 is 11.1 Å². The zero-order chi connectivity index (χ0) is 32.0. The second kappa shape index (κ2) is 13.0. The second-order valence-corrected chi connectivity index (χ2v) is 10.3. The molecule has 12 heteroatoms. The maximum Gasteiger partial charge on any atom is 0.115 e. The molecule has 0 aliphatic rings. The van der Waals surface area contributed by atoms with Gasteiger partial charge in [0.15, 0.2) is 0 Å². The quantitative estimate of drug-likeness (QED) is 0.204. The summed E-state index contributed by atoms with van der Waals surface area (Å²) in [5.41, 5.74) is 17.1. The van der Waals surface area contributed by atoms with Crippen molar-refractivity contribution in [1.82, 2.24) is 49.8 Å².